The van der Waals surface area contributed by atoms with Crippen LogP contribution in [0.15, 0.2) is 41.7 Å². The van der Waals surface area contributed by atoms with Crippen LogP contribution in [0.3, 0.4) is 0 Å². The Balaban J connectivity index is 1.78. The first kappa shape index (κ1) is 14.6. The standard InChI is InChI=1S/C18H25NO2/c1-3-21-18-16(13-19-9-11-20-12-10-19)14(2)17(18)15-7-5-4-6-8-15/h4-8,14,17H,3,9-13H2,1-2H3/t14-,17+/m0/s1. The highest BCUT2D eigenvalue weighted by atomic mass is 16.5. The summed E-state index contributed by atoms with van der Waals surface area (Å²) in [5.74, 6) is 2.21. The highest BCUT2D eigenvalue weighted by Gasteiger charge is 2.40. The second-order valence-electron chi connectivity index (χ2n) is 5.89. The third-order valence-electron chi connectivity index (χ3n) is 4.60. The predicted molar refractivity (Wildman–Crippen MR) is 84.3 cm³/mol. The molecule has 0 spiro atoms. The van der Waals surface area contributed by atoms with Gasteiger partial charge in [-0.05, 0) is 24.0 Å². The van der Waals surface area contributed by atoms with Gasteiger partial charge in [0.15, 0.2) is 0 Å². The molecule has 0 unspecified atom stereocenters. The second-order valence-corrected chi connectivity index (χ2v) is 5.89. The SMILES string of the molecule is CCOC1=C(CN2CCOCC2)[C@H](C)[C@@H]1c1ccccc1. The molecule has 1 aliphatic heterocycles. The molecular weight excluding hydrogens is 262 g/mol. The van der Waals surface area contributed by atoms with Gasteiger partial charge in [-0.25, -0.2) is 0 Å². The molecule has 0 radical (unpaired) electrons. The minimum Gasteiger partial charge on any atom is -0.498 e. The molecule has 1 aromatic rings. The minimum absolute atomic E-state index is 0.433. The van der Waals surface area contributed by atoms with Crippen molar-refractivity contribution in [1.82, 2.24) is 4.90 Å². The molecule has 0 saturated carbocycles. The summed E-state index contributed by atoms with van der Waals surface area (Å²) in [6, 6.07) is 10.7. The van der Waals surface area contributed by atoms with E-state index < -0.39 is 0 Å². The van der Waals surface area contributed by atoms with Gasteiger partial charge in [-0.3, -0.25) is 4.90 Å². The molecule has 2 atom stereocenters. The van der Waals surface area contributed by atoms with E-state index in [1.165, 1.54) is 16.9 Å². The Kier molecular flexibility index (Phi) is 4.61. The summed E-state index contributed by atoms with van der Waals surface area (Å²) in [5.41, 5.74) is 2.85. The highest BCUT2D eigenvalue weighted by molar-refractivity contribution is 5.41. The number of hydrogen-bond donors (Lipinski definition) is 0. The fourth-order valence-corrected chi connectivity index (χ4v) is 3.42. The fourth-order valence-electron chi connectivity index (χ4n) is 3.42. The van der Waals surface area contributed by atoms with E-state index in [1.807, 2.05) is 0 Å². The van der Waals surface area contributed by atoms with Gasteiger partial charge in [0, 0.05) is 25.6 Å². The lowest BCUT2D eigenvalue weighted by Crippen LogP contribution is -2.42. The molecule has 1 aliphatic carbocycles. The molecule has 1 aromatic carbocycles. The maximum atomic E-state index is 5.99. The topological polar surface area (TPSA) is 21.7 Å². The van der Waals surface area contributed by atoms with Gasteiger partial charge in [0.05, 0.1) is 19.8 Å². The molecule has 0 N–H and O–H groups in total. The zero-order valence-electron chi connectivity index (χ0n) is 13.0. The first-order valence-corrected chi connectivity index (χ1v) is 8.02. The van der Waals surface area contributed by atoms with Crippen molar-refractivity contribution < 1.29 is 9.47 Å². The Hall–Kier alpha value is -1.32. The van der Waals surface area contributed by atoms with Crippen LogP contribution in [0.4, 0.5) is 0 Å². The summed E-state index contributed by atoms with van der Waals surface area (Å²) in [6.07, 6.45) is 0. The van der Waals surface area contributed by atoms with Crippen LogP contribution in [0.25, 0.3) is 0 Å². The molecule has 3 heteroatoms. The van der Waals surface area contributed by atoms with Crippen molar-refractivity contribution in [2.24, 2.45) is 5.92 Å². The molecule has 0 amide bonds. The zero-order valence-corrected chi connectivity index (χ0v) is 13.0. The van der Waals surface area contributed by atoms with Crippen LogP contribution in [0.5, 0.6) is 0 Å². The van der Waals surface area contributed by atoms with Gasteiger partial charge < -0.3 is 9.47 Å². The van der Waals surface area contributed by atoms with E-state index in [9.17, 15) is 0 Å². The van der Waals surface area contributed by atoms with Crippen LogP contribution < -0.4 is 0 Å². The maximum Gasteiger partial charge on any atom is 0.105 e. The van der Waals surface area contributed by atoms with E-state index in [4.69, 9.17) is 9.47 Å². The number of rotatable bonds is 5. The van der Waals surface area contributed by atoms with Gasteiger partial charge in [-0.1, -0.05) is 37.3 Å². The first-order chi connectivity index (χ1) is 10.3. The molecular formula is C18H25NO2. The highest BCUT2D eigenvalue weighted by Crippen LogP contribution is 2.48. The largest absolute Gasteiger partial charge is 0.498 e. The Morgan fingerprint density at radius 2 is 1.90 bits per heavy atom. The van der Waals surface area contributed by atoms with Gasteiger partial charge in [0.1, 0.15) is 5.76 Å². The number of morpholine rings is 1. The lowest BCUT2D eigenvalue weighted by molar-refractivity contribution is 0.0378. The summed E-state index contributed by atoms with van der Waals surface area (Å²) < 4.78 is 11.4. The molecule has 1 heterocycles. The number of hydrogen-bond acceptors (Lipinski definition) is 3. The Bertz CT molecular complexity index is 491. The Labute approximate surface area is 127 Å². The number of nitrogens with zero attached hydrogens (tertiary/aromatic N) is 1. The van der Waals surface area contributed by atoms with Gasteiger partial charge in [-0.2, -0.15) is 0 Å². The number of allylic oxidation sites excluding steroid dienone is 1. The van der Waals surface area contributed by atoms with Gasteiger partial charge in [0.25, 0.3) is 0 Å². The van der Waals surface area contributed by atoms with Gasteiger partial charge in [-0.15, -0.1) is 0 Å². The van der Waals surface area contributed by atoms with E-state index >= 15 is 0 Å². The molecule has 3 nitrogen and oxygen atoms in total. The Morgan fingerprint density at radius 1 is 1.19 bits per heavy atom. The summed E-state index contributed by atoms with van der Waals surface area (Å²) in [6.45, 7) is 9.96. The molecule has 21 heavy (non-hydrogen) atoms. The quantitative estimate of drug-likeness (QED) is 0.831. The van der Waals surface area contributed by atoms with Crippen molar-refractivity contribution in [2.45, 2.75) is 19.8 Å². The molecule has 3 rings (SSSR count). The summed E-state index contributed by atoms with van der Waals surface area (Å²) in [5, 5.41) is 0. The minimum atomic E-state index is 0.433. The van der Waals surface area contributed by atoms with Crippen molar-refractivity contribution in [3.05, 3.63) is 47.2 Å². The maximum absolute atomic E-state index is 5.99. The third-order valence-corrected chi connectivity index (χ3v) is 4.60. The van der Waals surface area contributed by atoms with E-state index in [-0.39, 0.29) is 0 Å². The van der Waals surface area contributed by atoms with Crippen LogP contribution in [0, 0.1) is 5.92 Å². The lowest BCUT2D eigenvalue weighted by atomic mass is 9.70. The van der Waals surface area contributed by atoms with Crippen molar-refractivity contribution in [3.63, 3.8) is 0 Å². The normalized spacial score (nSPS) is 26.6. The van der Waals surface area contributed by atoms with Crippen LogP contribution in [-0.2, 0) is 9.47 Å². The van der Waals surface area contributed by atoms with Crippen molar-refractivity contribution >= 4 is 0 Å². The van der Waals surface area contributed by atoms with E-state index in [2.05, 4.69) is 49.1 Å². The molecule has 2 aliphatic rings. The molecule has 114 valence electrons. The number of ether oxygens (including phenoxy) is 2. The van der Waals surface area contributed by atoms with E-state index in [1.54, 1.807) is 0 Å². The van der Waals surface area contributed by atoms with Gasteiger partial charge >= 0.3 is 0 Å². The van der Waals surface area contributed by atoms with Crippen molar-refractivity contribution in [2.75, 3.05) is 39.5 Å². The molecule has 0 bridgehead atoms. The van der Waals surface area contributed by atoms with Crippen LogP contribution in [0.1, 0.15) is 25.3 Å². The smallest absolute Gasteiger partial charge is 0.105 e. The van der Waals surface area contributed by atoms with Gasteiger partial charge in [0.2, 0.25) is 0 Å². The second kappa shape index (κ2) is 6.63. The van der Waals surface area contributed by atoms with Crippen LogP contribution in [-0.4, -0.2) is 44.4 Å². The first-order valence-electron chi connectivity index (χ1n) is 8.02. The Morgan fingerprint density at radius 3 is 2.57 bits per heavy atom. The van der Waals surface area contributed by atoms with Crippen molar-refractivity contribution in [1.29, 1.82) is 0 Å². The summed E-state index contributed by atoms with van der Waals surface area (Å²) in [7, 11) is 0. The molecule has 0 aromatic heterocycles. The monoisotopic (exact) mass is 287 g/mol. The van der Waals surface area contributed by atoms with E-state index in [0.717, 1.165) is 39.5 Å². The van der Waals surface area contributed by atoms with Crippen LogP contribution in [0.2, 0.25) is 0 Å². The zero-order chi connectivity index (χ0) is 14.7. The lowest BCUT2D eigenvalue weighted by Gasteiger charge is -2.42. The van der Waals surface area contributed by atoms with Crippen molar-refractivity contribution in [3.8, 4) is 0 Å². The summed E-state index contributed by atoms with van der Waals surface area (Å²) in [4.78, 5) is 2.48. The predicted octanol–water partition coefficient (Wildman–Crippen LogP) is 3.04. The van der Waals surface area contributed by atoms with Crippen LogP contribution >= 0.6 is 0 Å². The average molecular weight is 287 g/mol. The number of benzene rings is 1. The fraction of sp³-hybridized carbons (Fsp3) is 0.556. The summed E-state index contributed by atoms with van der Waals surface area (Å²) >= 11 is 0. The average Bonchev–Trinajstić information content (AvgIpc) is 2.54. The molecule has 1 saturated heterocycles. The van der Waals surface area contributed by atoms with E-state index in [0.29, 0.717) is 11.8 Å². The molecule has 1 fully saturated rings. The third kappa shape index (κ3) is 2.99.